The second-order valence-electron chi connectivity index (χ2n) is 5.20. The van der Waals surface area contributed by atoms with Crippen LogP contribution in [0, 0.1) is 11.3 Å². The standard InChI is InChI=1S/C15H29NO/c1-7-9-10-14(5,13(3)4)15(6,8-2)17-12-11-16/h8-10,13H,2,7,11-12,16H2,1,3-6H3/b10-9-/t14?,15-/m1/s1. The van der Waals surface area contributed by atoms with Crippen molar-refractivity contribution in [1.29, 1.82) is 0 Å². The predicted molar refractivity (Wildman–Crippen MR) is 76.0 cm³/mol. The highest BCUT2D eigenvalue weighted by Gasteiger charge is 2.43. The molecule has 0 spiro atoms. The number of allylic oxidation sites excluding steroid dienone is 1. The van der Waals surface area contributed by atoms with Gasteiger partial charge in [-0.25, -0.2) is 0 Å². The SMILES string of the molecule is C=C[C@@](C)(OCCN)C(C)(/C=C\CC)C(C)C. The average molecular weight is 239 g/mol. The molecule has 0 fully saturated rings. The summed E-state index contributed by atoms with van der Waals surface area (Å²) in [6, 6.07) is 0. The van der Waals surface area contributed by atoms with E-state index in [1.807, 2.05) is 6.08 Å². The fourth-order valence-corrected chi connectivity index (χ4v) is 2.00. The number of hydrogen-bond donors (Lipinski definition) is 1. The zero-order valence-corrected chi connectivity index (χ0v) is 12.1. The molecule has 0 aliphatic carbocycles. The zero-order chi connectivity index (χ0) is 13.5. The number of hydrogen-bond acceptors (Lipinski definition) is 2. The lowest BCUT2D eigenvalue weighted by atomic mass is 9.66. The minimum absolute atomic E-state index is 0.0695. The van der Waals surface area contributed by atoms with Crippen molar-refractivity contribution < 1.29 is 4.74 Å². The van der Waals surface area contributed by atoms with Crippen LogP contribution in [-0.2, 0) is 4.74 Å². The van der Waals surface area contributed by atoms with Crippen molar-refractivity contribution in [2.45, 2.75) is 46.6 Å². The lowest BCUT2D eigenvalue weighted by molar-refractivity contribution is -0.0767. The molecule has 100 valence electrons. The molecule has 0 aliphatic heterocycles. The van der Waals surface area contributed by atoms with Crippen molar-refractivity contribution in [2.75, 3.05) is 13.2 Å². The van der Waals surface area contributed by atoms with E-state index in [1.165, 1.54) is 0 Å². The predicted octanol–water partition coefficient (Wildman–Crippen LogP) is 3.53. The zero-order valence-electron chi connectivity index (χ0n) is 12.1. The molecule has 2 nitrogen and oxygen atoms in total. The Morgan fingerprint density at radius 3 is 2.29 bits per heavy atom. The summed E-state index contributed by atoms with van der Waals surface area (Å²) < 4.78 is 5.96. The van der Waals surface area contributed by atoms with E-state index in [-0.39, 0.29) is 11.0 Å². The summed E-state index contributed by atoms with van der Waals surface area (Å²) in [5.41, 5.74) is 5.08. The van der Waals surface area contributed by atoms with Gasteiger partial charge >= 0.3 is 0 Å². The Bertz CT molecular complexity index is 260. The van der Waals surface area contributed by atoms with E-state index in [0.717, 1.165) is 6.42 Å². The molecule has 2 heteroatoms. The molecule has 0 heterocycles. The molecule has 17 heavy (non-hydrogen) atoms. The van der Waals surface area contributed by atoms with Gasteiger partial charge in [0.2, 0.25) is 0 Å². The summed E-state index contributed by atoms with van der Waals surface area (Å²) in [5.74, 6) is 0.464. The van der Waals surface area contributed by atoms with Crippen molar-refractivity contribution in [2.24, 2.45) is 17.1 Å². The summed E-state index contributed by atoms with van der Waals surface area (Å²) in [4.78, 5) is 0. The fraction of sp³-hybridized carbons (Fsp3) is 0.733. The average Bonchev–Trinajstić information content (AvgIpc) is 2.32. The molecule has 2 atom stereocenters. The van der Waals surface area contributed by atoms with Crippen LogP contribution >= 0.6 is 0 Å². The van der Waals surface area contributed by atoms with E-state index < -0.39 is 0 Å². The first-order valence-corrected chi connectivity index (χ1v) is 6.53. The van der Waals surface area contributed by atoms with Crippen LogP contribution < -0.4 is 5.73 Å². The third-order valence-corrected chi connectivity index (χ3v) is 3.88. The summed E-state index contributed by atoms with van der Waals surface area (Å²) >= 11 is 0. The maximum absolute atomic E-state index is 5.96. The highest BCUT2D eigenvalue weighted by molar-refractivity contribution is 5.15. The van der Waals surface area contributed by atoms with Gasteiger partial charge < -0.3 is 10.5 Å². The van der Waals surface area contributed by atoms with Gasteiger partial charge in [-0.15, -0.1) is 6.58 Å². The molecule has 0 rings (SSSR count). The third-order valence-electron chi connectivity index (χ3n) is 3.88. The smallest absolute Gasteiger partial charge is 0.0922 e. The molecule has 0 aromatic rings. The van der Waals surface area contributed by atoms with Crippen LogP contribution in [0.3, 0.4) is 0 Å². The van der Waals surface area contributed by atoms with Crippen molar-refractivity contribution >= 4 is 0 Å². The van der Waals surface area contributed by atoms with Crippen LogP contribution in [-0.4, -0.2) is 18.8 Å². The highest BCUT2D eigenvalue weighted by Crippen LogP contribution is 2.43. The highest BCUT2D eigenvalue weighted by atomic mass is 16.5. The molecule has 0 bridgehead atoms. The molecule has 0 aromatic carbocycles. The molecule has 0 saturated heterocycles. The monoisotopic (exact) mass is 239 g/mol. The maximum atomic E-state index is 5.96. The van der Waals surface area contributed by atoms with Gasteiger partial charge in [-0.1, -0.05) is 45.9 Å². The van der Waals surface area contributed by atoms with Crippen LogP contribution in [0.15, 0.2) is 24.8 Å². The van der Waals surface area contributed by atoms with Crippen LogP contribution in [0.1, 0.15) is 41.0 Å². The third kappa shape index (κ3) is 3.68. The quantitative estimate of drug-likeness (QED) is 0.658. The first-order valence-electron chi connectivity index (χ1n) is 6.53. The minimum Gasteiger partial charge on any atom is -0.369 e. The van der Waals surface area contributed by atoms with E-state index in [9.17, 15) is 0 Å². The van der Waals surface area contributed by atoms with Crippen LogP contribution in [0.25, 0.3) is 0 Å². The van der Waals surface area contributed by atoms with E-state index in [0.29, 0.717) is 19.1 Å². The van der Waals surface area contributed by atoms with Crippen LogP contribution in [0.4, 0.5) is 0 Å². The van der Waals surface area contributed by atoms with Gasteiger partial charge in [0, 0.05) is 12.0 Å². The van der Waals surface area contributed by atoms with Gasteiger partial charge in [0.1, 0.15) is 0 Å². The molecule has 2 N–H and O–H groups in total. The van der Waals surface area contributed by atoms with Crippen LogP contribution in [0.2, 0.25) is 0 Å². The van der Waals surface area contributed by atoms with Crippen molar-refractivity contribution in [3.8, 4) is 0 Å². The van der Waals surface area contributed by atoms with Gasteiger partial charge in [0.15, 0.2) is 0 Å². The molecule has 0 radical (unpaired) electrons. The van der Waals surface area contributed by atoms with Gasteiger partial charge in [0.05, 0.1) is 12.2 Å². The normalized spacial score (nSPS) is 19.2. The van der Waals surface area contributed by atoms with E-state index >= 15 is 0 Å². The summed E-state index contributed by atoms with van der Waals surface area (Å²) in [6.07, 6.45) is 7.40. The topological polar surface area (TPSA) is 35.2 Å². The molecule has 0 aromatic heterocycles. The largest absolute Gasteiger partial charge is 0.369 e. The first kappa shape index (κ1) is 16.4. The molecule has 0 amide bonds. The number of nitrogens with two attached hydrogens (primary N) is 1. The maximum Gasteiger partial charge on any atom is 0.0922 e. The fourth-order valence-electron chi connectivity index (χ4n) is 2.00. The van der Waals surface area contributed by atoms with E-state index in [1.54, 1.807) is 0 Å². The Hall–Kier alpha value is -0.600. The Morgan fingerprint density at radius 1 is 1.35 bits per heavy atom. The Morgan fingerprint density at radius 2 is 1.94 bits per heavy atom. The van der Waals surface area contributed by atoms with E-state index in [4.69, 9.17) is 10.5 Å². The van der Waals surface area contributed by atoms with Gasteiger partial charge in [-0.2, -0.15) is 0 Å². The lowest BCUT2D eigenvalue weighted by Crippen LogP contribution is -2.47. The van der Waals surface area contributed by atoms with Crippen molar-refractivity contribution in [3.05, 3.63) is 24.8 Å². The van der Waals surface area contributed by atoms with Crippen molar-refractivity contribution in [1.82, 2.24) is 0 Å². The van der Waals surface area contributed by atoms with Gasteiger partial charge in [0.25, 0.3) is 0 Å². The van der Waals surface area contributed by atoms with Gasteiger partial charge in [-0.3, -0.25) is 0 Å². The van der Waals surface area contributed by atoms with Gasteiger partial charge in [-0.05, 0) is 19.3 Å². The Labute approximate surface area is 107 Å². The second-order valence-corrected chi connectivity index (χ2v) is 5.20. The summed E-state index contributed by atoms with van der Waals surface area (Å²) in [5, 5.41) is 0. The Kier molecular flexibility index (Phi) is 6.73. The first-order chi connectivity index (χ1) is 7.88. The number of rotatable bonds is 8. The molecule has 0 aliphatic rings. The number of ether oxygens (including phenoxy) is 1. The minimum atomic E-state index is -0.383. The second kappa shape index (κ2) is 6.97. The van der Waals surface area contributed by atoms with E-state index in [2.05, 4.69) is 53.3 Å². The molecular formula is C15H29NO. The molecule has 0 saturated carbocycles. The lowest BCUT2D eigenvalue weighted by Gasteiger charge is -2.45. The molecular weight excluding hydrogens is 210 g/mol. The summed E-state index contributed by atoms with van der Waals surface area (Å²) in [7, 11) is 0. The summed E-state index contributed by atoms with van der Waals surface area (Å²) in [6.45, 7) is 15.9. The van der Waals surface area contributed by atoms with Crippen molar-refractivity contribution in [3.63, 3.8) is 0 Å². The molecule has 1 unspecified atom stereocenters. The van der Waals surface area contributed by atoms with Crippen LogP contribution in [0.5, 0.6) is 0 Å². The Balaban J connectivity index is 5.23.